The molecule has 0 unspecified atom stereocenters. The van der Waals surface area contributed by atoms with Crippen molar-refractivity contribution in [2.24, 2.45) is 0 Å². The summed E-state index contributed by atoms with van der Waals surface area (Å²) in [6, 6.07) is 3.04. The van der Waals surface area contributed by atoms with Gasteiger partial charge in [-0.3, -0.25) is 9.59 Å². The summed E-state index contributed by atoms with van der Waals surface area (Å²) in [5.41, 5.74) is 0. The lowest BCUT2D eigenvalue weighted by Gasteiger charge is -1.89. The van der Waals surface area contributed by atoms with Crippen LogP contribution >= 0.6 is 11.8 Å². The summed E-state index contributed by atoms with van der Waals surface area (Å²) in [5.74, 6) is -0.480. The maximum atomic E-state index is 11.0. The van der Waals surface area contributed by atoms with E-state index in [1.54, 1.807) is 12.3 Å². The average molecular weight is 170 g/mol. The molecule has 4 heteroatoms. The molecule has 0 amide bonds. The summed E-state index contributed by atoms with van der Waals surface area (Å²) in [4.78, 5) is 21.7. The maximum absolute atomic E-state index is 11.0. The number of rotatable bonds is 2. The molecule has 0 spiro atoms. The van der Waals surface area contributed by atoms with Crippen LogP contribution in [0.5, 0.6) is 0 Å². The summed E-state index contributed by atoms with van der Waals surface area (Å²) in [5, 5.41) is -0.500. The van der Waals surface area contributed by atoms with Gasteiger partial charge in [-0.25, -0.2) is 0 Å². The van der Waals surface area contributed by atoms with Crippen molar-refractivity contribution in [3.8, 4) is 0 Å². The minimum absolute atomic E-state index is 0.101. The Hall–Kier alpha value is -1.03. The van der Waals surface area contributed by atoms with Crippen molar-refractivity contribution in [1.29, 1.82) is 0 Å². The first-order valence-corrected chi connectivity index (χ1v) is 4.14. The fourth-order valence-electron chi connectivity index (χ4n) is 0.601. The molecule has 1 aromatic heterocycles. The van der Waals surface area contributed by atoms with Crippen molar-refractivity contribution >= 4 is 22.7 Å². The second kappa shape index (κ2) is 3.39. The van der Waals surface area contributed by atoms with Gasteiger partial charge in [0.15, 0.2) is 5.76 Å². The summed E-state index contributed by atoms with van der Waals surface area (Å²) in [7, 11) is 0. The molecule has 0 aliphatic heterocycles. The monoisotopic (exact) mass is 170 g/mol. The zero-order chi connectivity index (χ0) is 8.27. The fraction of sp³-hybridized carbons (Fsp3) is 0.143. The minimum atomic E-state index is -0.581. The lowest BCUT2D eigenvalue weighted by Crippen LogP contribution is -2.08. The molecule has 0 bridgehead atoms. The number of carbonyl (C=O) groups excluding carboxylic acids is 2. The van der Waals surface area contributed by atoms with Crippen molar-refractivity contribution < 1.29 is 14.0 Å². The molecule has 0 aliphatic carbocycles. The van der Waals surface area contributed by atoms with Gasteiger partial charge in [-0.15, -0.1) is 0 Å². The second-order valence-corrected chi connectivity index (χ2v) is 2.58. The molecule has 1 heterocycles. The molecule has 0 fully saturated rings. The Labute approximate surface area is 67.8 Å². The normalized spacial score (nSPS) is 9.55. The number of Topliss-reactive ketones (excluding diaryl/α,β-unsaturated/α-hetero) is 1. The van der Waals surface area contributed by atoms with Gasteiger partial charge in [-0.1, -0.05) is 11.8 Å². The molecule has 0 aliphatic rings. The molecule has 1 aromatic rings. The third-order valence-electron chi connectivity index (χ3n) is 1.12. The van der Waals surface area contributed by atoms with Crippen LogP contribution in [0.1, 0.15) is 10.6 Å². The molecule has 11 heavy (non-hydrogen) atoms. The molecule has 3 nitrogen and oxygen atoms in total. The van der Waals surface area contributed by atoms with Gasteiger partial charge in [0.05, 0.1) is 6.26 Å². The van der Waals surface area contributed by atoms with Gasteiger partial charge in [-0.2, -0.15) is 0 Å². The van der Waals surface area contributed by atoms with Crippen LogP contribution in [0.25, 0.3) is 0 Å². The van der Waals surface area contributed by atoms with E-state index in [0.29, 0.717) is 0 Å². The summed E-state index contributed by atoms with van der Waals surface area (Å²) < 4.78 is 4.73. The third-order valence-corrected chi connectivity index (χ3v) is 1.67. The van der Waals surface area contributed by atoms with Gasteiger partial charge >= 0.3 is 0 Å². The third kappa shape index (κ3) is 1.71. The number of ketones is 1. The van der Waals surface area contributed by atoms with Crippen LogP contribution in [0.3, 0.4) is 0 Å². The van der Waals surface area contributed by atoms with Crippen LogP contribution in [0, 0.1) is 0 Å². The zero-order valence-electron chi connectivity index (χ0n) is 5.87. The van der Waals surface area contributed by atoms with Gasteiger partial charge in [-0.05, 0) is 18.4 Å². The molecular weight excluding hydrogens is 164 g/mol. The highest BCUT2D eigenvalue weighted by Gasteiger charge is 2.16. The number of furan rings is 1. The topological polar surface area (TPSA) is 47.3 Å². The Balaban J connectivity index is 2.79. The van der Waals surface area contributed by atoms with Gasteiger partial charge < -0.3 is 4.42 Å². The average Bonchev–Trinajstić information content (AvgIpc) is 2.53. The molecule has 0 atom stereocenters. The van der Waals surface area contributed by atoms with E-state index in [4.69, 9.17) is 4.42 Å². The smallest absolute Gasteiger partial charge is 0.274 e. The first-order chi connectivity index (χ1) is 5.25. The zero-order valence-corrected chi connectivity index (χ0v) is 6.68. The van der Waals surface area contributed by atoms with Gasteiger partial charge in [0.2, 0.25) is 0 Å². The molecule has 0 N–H and O–H groups in total. The molecule has 0 aromatic carbocycles. The van der Waals surface area contributed by atoms with E-state index in [1.807, 2.05) is 0 Å². The molecule has 1 rings (SSSR count). The number of hydrogen-bond donors (Lipinski definition) is 0. The Morgan fingerprint density at radius 2 is 2.27 bits per heavy atom. The number of carbonyl (C=O) groups is 2. The maximum Gasteiger partial charge on any atom is 0.274 e. The van der Waals surface area contributed by atoms with Crippen molar-refractivity contribution in [2.45, 2.75) is 0 Å². The summed E-state index contributed by atoms with van der Waals surface area (Å²) in [6.07, 6.45) is 2.92. The lowest BCUT2D eigenvalue weighted by molar-refractivity contribution is -0.107. The largest absolute Gasteiger partial charge is 0.461 e. The molecule has 0 radical (unpaired) electrons. The minimum Gasteiger partial charge on any atom is -0.461 e. The van der Waals surface area contributed by atoms with E-state index >= 15 is 0 Å². The second-order valence-electron chi connectivity index (χ2n) is 1.80. The molecule has 58 valence electrons. The van der Waals surface area contributed by atoms with Crippen LogP contribution in [0.2, 0.25) is 0 Å². The van der Waals surface area contributed by atoms with Crippen molar-refractivity contribution in [3.05, 3.63) is 24.2 Å². The van der Waals surface area contributed by atoms with Gasteiger partial charge in [0, 0.05) is 0 Å². The van der Waals surface area contributed by atoms with Crippen molar-refractivity contribution in [2.75, 3.05) is 6.26 Å². The molecular formula is C7H6O3S. The van der Waals surface area contributed by atoms with Crippen molar-refractivity contribution in [3.63, 3.8) is 0 Å². The highest BCUT2D eigenvalue weighted by atomic mass is 32.2. The lowest BCUT2D eigenvalue weighted by atomic mass is 10.3. The van der Waals surface area contributed by atoms with E-state index in [9.17, 15) is 9.59 Å². The van der Waals surface area contributed by atoms with Gasteiger partial charge in [0.1, 0.15) is 0 Å². The Bertz CT molecular complexity index is 263. The standard InChI is InChI=1S/C7H6O3S/c1-11-7(9)6(8)5-3-2-4-10-5/h2-4H,1H3. The predicted molar refractivity (Wildman–Crippen MR) is 41.6 cm³/mol. The Kier molecular flexibility index (Phi) is 2.48. The van der Waals surface area contributed by atoms with Crippen LogP contribution < -0.4 is 0 Å². The summed E-state index contributed by atoms with van der Waals surface area (Å²) >= 11 is 0.883. The van der Waals surface area contributed by atoms with E-state index < -0.39 is 10.9 Å². The highest BCUT2D eigenvalue weighted by molar-refractivity contribution is 8.14. The van der Waals surface area contributed by atoms with Crippen LogP contribution in [-0.4, -0.2) is 17.2 Å². The molecule has 0 saturated carbocycles. The van der Waals surface area contributed by atoms with Gasteiger partial charge in [0.25, 0.3) is 10.9 Å². The predicted octanol–water partition coefficient (Wildman–Crippen LogP) is 1.35. The van der Waals surface area contributed by atoms with Crippen LogP contribution in [0.15, 0.2) is 22.8 Å². The number of hydrogen-bond acceptors (Lipinski definition) is 4. The van der Waals surface area contributed by atoms with E-state index in [-0.39, 0.29) is 5.76 Å². The van der Waals surface area contributed by atoms with Crippen molar-refractivity contribution in [1.82, 2.24) is 0 Å². The Morgan fingerprint density at radius 1 is 1.55 bits per heavy atom. The van der Waals surface area contributed by atoms with Crippen LogP contribution in [0.4, 0.5) is 0 Å². The number of thioether (sulfide) groups is 1. The highest BCUT2D eigenvalue weighted by Crippen LogP contribution is 2.06. The summed E-state index contributed by atoms with van der Waals surface area (Å²) in [6.45, 7) is 0. The fourth-order valence-corrected chi connectivity index (χ4v) is 0.887. The first-order valence-electron chi connectivity index (χ1n) is 2.92. The SMILES string of the molecule is CSC(=O)C(=O)c1ccco1. The quantitative estimate of drug-likeness (QED) is 0.496. The van der Waals surface area contributed by atoms with E-state index in [2.05, 4.69) is 0 Å². The Morgan fingerprint density at radius 3 is 2.73 bits per heavy atom. The van der Waals surface area contributed by atoms with E-state index in [1.165, 1.54) is 12.3 Å². The van der Waals surface area contributed by atoms with E-state index in [0.717, 1.165) is 11.8 Å². The first kappa shape index (κ1) is 8.07. The molecule has 0 saturated heterocycles. The van der Waals surface area contributed by atoms with Crippen LogP contribution in [-0.2, 0) is 4.79 Å².